The van der Waals surface area contributed by atoms with Crippen LogP contribution in [0.15, 0.2) is 18.3 Å². The van der Waals surface area contributed by atoms with Crippen LogP contribution in [-0.4, -0.2) is 52.7 Å². The standard InChI is InChI=1S/C15H22N4O4/c1-15(2,3)23-14(20)18-9-7-11(10-18)17(4)13-12(19(21)22)6-5-8-16-13/h5-6,8,11H,7,9-10H2,1-4H3/t11-/m0/s1. The Balaban J connectivity index is 2.07. The number of hydrogen-bond donors (Lipinski definition) is 0. The van der Waals surface area contributed by atoms with E-state index in [2.05, 4.69) is 4.98 Å². The van der Waals surface area contributed by atoms with Crippen molar-refractivity contribution in [2.45, 2.75) is 38.8 Å². The molecular weight excluding hydrogens is 300 g/mol. The summed E-state index contributed by atoms with van der Waals surface area (Å²) in [4.78, 5) is 30.3. The quantitative estimate of drug-likeness (QED) is 0.627. The molecule has 1 saturated heterocycles. The molecule has 0 aromatic carbocycles. The molecule has 0 N–H and O–H groups in total. The number of pyridine rings is 1. The molecule has 0 spiro atoms. The van der Waals surface area contributed by atoms with Crippen molar-refractivity contribution in [3.63, 3.8) is 0 Å². The van der Waals surface area contributed by atoms with Gasteiger partial charge in [0, 0.05) is 38.4 Å². The van der Waals surface area contributed by atoms with Crippen LogP contribution in [0.1, 0.15) is 27.2 Å². The minimum Gasteiger partial charge on any atom is -0.444 e. The van der Waals surface area contributed by atoms with Gasteiger partial charge in [-0.05, 0) is 33.3 Å². The highest BCUT2D eigenvalue weighted by Crippen LogP contribution is 2.28. The Morgan fingerprint density at radius 1 is 1.52 bits per heavy atom. The first-order valence-corrected chi connectivity index (χ1v) is 7.49. The van der Waals surface area contributed by atoms with E-state index in [4.69, 9.17) is 4.74 Å². The lowest BCUT2D eigenvalue weighted by atomic mass is 10.2. The van der Waals surface area contributed by atoms with Gasteiger partial charge in [-0.15, -0.1) is 0 Å². The van der Waals surface area contributed by atoms with E-state index in [0.717, 1.165) is 0 Å². The number of amides is 1. The van der Waals surface area contributed by atoms with Crippen molar-refractivity contribution in [3.8, 4) is 0 Å². The van der Waals surface area contributed by atoms with Gasteiger partial charge in [0.1, 0.15) is 5.60 Å². The predicted octanol–water partition coefficient (Wildman–Crippen LogP) is 2.44. The van der Waals surface area contributed by atoms with Gasteiger partial charge in [-0.3, -0.25) is 10.1 Å². The van der Waals surface area contributed by atoms with Crippen LogP contribution in [0.25, 0.3) is 0 Å². The van der Waals surface area contributed by atoms with Gasteiger partial charge in [-0.2, -0.15) is 0 Å². The topological polar surface area (TPSA) is 88.8 Å². The Kier molecular flexibility index (Phi) is 4.72. The zero-order valence-corrected chi connectivity index (χ0v) is 13.9. The molecule has 1 atom stereocenters. The van der Waals surface area contributed by atoms with E-state index in [-0.39, 0.29) is 17.8 Å². The normalized spacial score (nSPS) is 17.9. The third-order valence-corrected chi connectivity index (χ3v) is 3.66. The van der Waals surface area contributed by atoms with E-state index in [0.29, 0.717) is 25.3 Å². The molecule has 8 heteroatoms. The second kappa shape index (κ2) is 6.39. The van der Waals surface area contributed by atoms with Crippen molar-refractivity contribution in [3.05, 3.63) is 28.4 Å². The highest BCUT2D eigenvalue weighted by Gasteiger charge is 2.33. The van der Waals surface area contributed by atoms with Crippen molar-refractivity contribution in [2.75, 3.05) is 25.0 Å². The summed E-state index contributed by atoms with van der Waals surface area (Å²) >= 11 is 0. The zero-order valence-electron chi connectivity index (χ0n) is 13.9. The van der Waals surface area contributed by atoms with Crippen molar-refractivity contribution < 1.29 is 14.5 Å². The van der Waals surface area contributed by atoms with E-state index in [1.54, 1.807) is 16.8 Å². The van der Waals surface area contributed by atoms with Crippen LogP contribution in [-0.2, 0) is 4.74 Å². The SMILES string of the molecule is CN(c1ncccc1[N+](=O)[O-])[C@H]1CCN(C(=O)OC(C)(C)C)C1. The maximum atomic E-state index is 12.1. The molecule has 23 heavy (non-hydrogen) atoms. The second-order valence-electron chi connectivity index (χ2n) is 6.58. The van der Waals surface area contributed by atoms with Gasteiger partial charge in [0.25, 0.3) is 0 Å². The molecule has 2 heterocycles. The Hall–Kier alpha value is -2.38. The number of nitro groups is 1. The Labute approximate surface area is 135 Å². The van der Waals surface area contributed by atoms with Crippen LogP contribution in [0, 0.1) is 10.1 Å². The third-order valence-electron chi connectivity index (χ3n) is 3.66. The van der Waals surface area contributed by atoms with Crippen molar-refractivity contribution in [1.29, 1.82) is 0 Å². The molecule has 126 valence electrons. The fourth-order valence-corrected chi connectivity index (χ4v) is 2.53. The van der Waals surface area contributed by atoms with Gasteiger partial charge in [-0.25, -0.2) is 9.78 Å². The summed E-state index contributed by atoms with van der Waals surface area (Å²) in [5, 5.41) is 11.1. The Bertz CT molecular complexity index is 599. The summed E-state index contributed by atoms with van der Waals surface area (Å²) < 4.78 is 5.36. The molecule has 1 aliphatic rings. The largest absolute Gasteiger partial charge is 0.444 e. The first-order chi connectivity index (χ1) is 10.7. The van der Waals surface area contributed by atoms with Gasteiger partial charge in [0.05, 0.1) is 4.92 Å². The summed E-state index contributed by atoms with van der Waals surface area (Å²) in [5.74, 6) is 0.313. The first kappa shape index (κ1) is 17.0. The highest BCUT2D eigenvalue weighted by molar-refractivity contribution is 5.69. The monoisotopic (exact) mass is 322 g/mol. The first-order valence-electron chi connectivity index (χ1n) is 7.49. The van der Waals surface area contributed by atoms with Crippen LogP contribution in [0.4, 0.5) is 16.3 Å². The molecule has 0 bridgehead atoms. The molecular formula is C15H22N4O4. The fraction of sp³-hybridized carbons (Fsp3) is 0.600. The van der Waals surface area contributed by atoms with E-state index in [9.17, 15) is 14.9 Å². The number of aromatic nitrogens is 1. The molecule has 1 amide bonds. The summed E-state index contributed by atoms with van der Waals surface area (Å²) in [6.45, 7) is 6.48. The van der Waals surface area contributed by atoms with Crippen molar-refractivity contribution in [1.82, 2.24) is 9.88 Å². The lowest BCUT2D eigenvalue weighted by Crippen LogP contribution is -2.39. The number of hydrogen-bond acceptors (Lipinski definition) is 6. The van der Waals surface area contributed by atoms with Crippen LogP contribution >= 0.6 is 0 Å². The number of carbonyl (C=O) groups excluding carboxylic acids is 1. The van der Waals surface area contributed by atoms with Crippen molar-refractivity contribution >= 4 is 17.6 Å². The maximum Gasteiger partial charge on any atom is 0.410 e. The summed E-state index contributed by atoms with van der Waals surface area (Å²) in [5.41, 5.74) is -0.577. The van der Waals surface area contributed by atoms with E-state index in [1.807, 2.05) is 20.8 Å². The van der Waals surface area contributed by atoms with Crippen LogP contribution < -0.4 is 4.90 Å². The smallest absolute Gasteiger partial charge is 0.410 e. The number of anilines is 1. The van der Waals surface area contributed by atoms with Gasteiger partial charge in [0.2, 0.25) is 5.82 Å². The Morgan fingerprint density at radius 2 is 2.22 bits per heavy atom. The van der Waals surface area contributed by atoms with Gasteiger partial charge < -0.3 is 14.5 Å². The molecule has 2 rings (SSSR count). The van der Waals surface area contributed by atoms with Crippen LogP contribution in [0.2, 0.25) is 0 Å². The van der Waals surface area contributed by atoms with Crippen LogP contribution in [0.3, 0.4) is 0 Å². The zero-order chi connectivity index (χ0) is 17.2. The third kappa shape index (κ3) is 4.08. The van der Waals surface area contributed by atoms with E-state index in [1.165, 1.54) is 18.3 Å². The molecule has 8 nitrogen and oxygen atoms in total. The van der Waals surface area contributed by atoms with E-state index >= 15 is 0 Å². The van der Waals surface area contributed by atoms with Gasteiger partial charge >= 0.3 is 11.8 Å². The maximum absolute atomic E-state index is 12.1. The number of carbonyl (C=O) groups is 1. The van der Waals surface area contributed by atoms with Crippen molar-refractivity contribution in [2.24, 2.45) is 0 Å². The molecule has 1 aliphatic heterocycles. The molecule has 0 aliphatic carbocycles. The minimum atomic E-state index is -0.541. The van der Waals surface area contributed by atoms with E-state index < -0.39 is 10.5 Å². The van der Waals surface area contributed by atoms with Crippen LogP contribution in [0.5, 0.6) is 0 Å². The molecule has 0 unspecified atom stereocenters. The number of likely N-dealkylation sites (tertiary alicyclic amines) is 1. The summed E-state index contributed by atoms with van der Waals surface area (Å²) in [6, 6.07) is 2.94. The Morgan fingerprint density at radius 3 is 2.83 bits per heavy atom. The fourth-order valence-electron chi connectivity index (χ4n) is 2.53. The highest BCUT2D eigenvalue weighted by atomic mass is 16.6. The average Bonchev–Trinajstić information content (AvgIpc) is 2.94. The molecule has 1 aromatic heterocycles. The number of ether oxygens (including phenoxy) is 1. The number of rotatable bonds is 3. The molecule has 0 radical (unpaired) electrons. The number of nitrogens with zero attached hydrogens (tertiary/aromatic N) is 4. The molecule has 1 fully saturated rings. The molecule has 0 saturated carbocycles. The molecule has 1 aromatic rings. The lowest BCUT2D eigenvalue weighted by Gasteiger charge is -2.27. The minimum absolute atomic E-state index is 0.0314. The second-order valence-corrected chi connectivity index (χ2v) is 6.58. The average molecular weight is 322 g/mol. The van der Waals surface area contributed by atoms with Gasteiger partial charge in [-0.1, -0.05) is 0 Å². The number of likely N-dealkylation sites (N-methyl/N-ethyl adjacent to an activating group) is 1. The summed E-state index contributed by atoms with van der Waals surface area (Å²) in [6.07, 6.45) is 1.88. The lowest BCUT2D eigenvalue weighted by molar-refractivity contribution is -0.384. The van der Waals surface area contributed by atoms with Gasteiger partial charge in [0.15, 0.2) is 0 Å². The predicted molar refractivity (Wildman–Crippen MR) is 85.5 cm³/mol. The summed E-state index contributed by atoms with van der Waals surface area (Å²) in [7, 11) is 1.76.